The van der Waals surface area contributed by atoms with Gasteiger partial charge in [0.1, 0.15) is 11.2 Å². The van der Waals surface area contributed by atoms with E-state index in [0.717, 1.165) is 5.69 Å². The molecule has 1 aromatic carbocycles. The van der Waals surface area contributed by atoms with Crippen LogP contribution < -0.4 is 10.2 Å². The SMILES string of the molecule is CC(C)(C(=O)NCc1ccco1)C(=O)N1CCN(c2cccc(Cl)c2)CC1. The van der Waals surface area contributed by atoms with Crippen LogP contribution in [0.2, 0.25) is 5.02 Å². The van der Waals surface area contributed by atoms with Gasteiger partial charge in [-0.2, -0.15) is 0 Å². The van der Waals surface area contributed by atoms with Crippen LogP contribution >= 0.6 is 11.6 Å². The smallest absolute Gasteiger partial charge is 0.237 e. The number of furan rings is 1. The van der Waals surface area contributed by atoms with Gasteiger partial charge in [-0.3, -0.25) is 9.59 Å². The zero-order chi connectivity index (χ0) is 19.4. The van der Waals surface area contributed by atoms with Gasteiger partial charge in [-0.25, -0.2) is 0 Å². The number of piperazine rings is 1. The molecule has 0 unspecified atom stereocenters. The summed E-state index contributed by atoms with van der Waals surface area (Å²) in [4.78, 5) is 29.4. The molecule has 1 aliphatic heterocycles. The van der Waals surface area contributed by atoms with Crippen molar-refractivity contribution in [2.24, 2.45) is 5.41 Å². The van der Waals surface area contributed by atoms with E-state index < -0.39 is 5.41 Å². The minimum Gasteiger partial charge on any atom is -0.467 e. The number of hydrogen-bond acceptors (Lipinski definition) is 4. The Kier molecular flexibility index (Phi) is 5.75. The molecule has 6 nitrogen and oxygen atoms in total. The fraction of sp³-hybridized carbons (Fsp3) is 0.400. The lowest BCUT2D eigenvalue weighted by Crippen LogP contribution is -2.55. The van der Waals surface area contributed by atoms with Crippen LogP contribution in [-0.4, -0.2) is 42.9 Å². The molecule has 1 aromatic heterocycles. The number of rotatable bonds is 5. The number of anilines is 1. The second-order valence-electron chi connectivity index (χ2n) is 7.15. The summed E-state index contributed by atoms with van der Waals surface area (Å²) in [5.74, 6) is 0.188. The fourth-order valence-electron chi connectivity index (χ4n) is 3.13. The highest BCUT2D eigenvalue weighted by Crippen LogP contribution is 2.24. The molecule has 0 atom stereocenters. The number of hydrogen-bond donors (Lipinski definition) is 1. The third-order valence-electron chi connectivity index (χ3n) is 4.85. The van der Waals surface area contributed by atoms with Crippen LogP contribution in [0.5, 0.6) is 0 Å². The number of benzene rings is 1. The Labute approximate surface area is 164 Å². The summed E-state index contributed by atoms with van der Waals surface area (Å²) in [6.07, 6.45) is 1.55. The summed E-state index contributed by atoms with van der Waals surface area (Å²) in [5, 5.41) is 3.48. The number of carbonyl (C=O) groups excluding carboxylic acids is 2. The Hall–Kier alpha value is -2.47. The van der Waals surface area contributed by atoms with E-state index in [0.29, 0.717) is 37.0 Å². The van der Waals surface area contributed by atoms with E-state index in [1.165, 1.54) is 0 Å². The van der Waals surface area contributed by atoms with Crippen LogP contribution in [0.3, 0.4) is 0 Å². The normalized spacial score (nSPS) is 14.9. The van der Waals surface area contributed by atoms with E-state index in [2.05, 4.69) is 10.2 Å². The third kappa shape index (κ3) is 4.45. The van der Waals surface area contributed by atoms with Gasteiger partial charge in [0, 0.05) is 36.9 Å². The highest BCUT2D eigenvalue weighted by molar-refractivity contribution is 6.30. The first-order valence-electron chi connectivity index (χ1n) is 8.98. The third-order valence-corrected chi connectivity index (χ3v) is 5.08. The molecular formula is C20H24ClN3O3. The first kappa shape index (κ1) is 19.3. The number of nitrogens with one attached hydrogen (secondary N) is 1. The van der Waals surface area contributed by atoms with Crippen molar-refractivity contribution < 1.29 is 14.0 Å². The molecule has 2 aromatic rings. The predicted molar refractivity (Wildman–Crippen MR) is 105 cm³/mol. The van der Waals surface area contributed by atoms with Gasteiger partial charge in [0.2, 0.25) is 11.8 Å². The first-order chi connectivity index (χ1) is 12.9. The van der Waals surface area contributed by atoms with Crippen LogP contribution in [0.1, 0.15) is 19.6 Å². The maximum atomic E-state index is 12.9. The highest BCUT2D eigenvalue weighted by atomic mass is 35.5. The van der Waals surface area contributed by atoms with Gasteiger partial charge in [0.05, 0.1) is 12.8 Å². The van der Waals surface area contributed by atoms with Crippen molar-refractivity contribution in [3.05, 3.63) is 53.4 Å². The molecule has 2 amide bonds. The molecule has 27 heavy (non-hydrogen) atoms. The monoisotopic (exact) mass is 389 g/mol. The summed E-state index contributed by atoms with van der Waals surface area (Å²) in [5.41, 5.74) is -0.0878. The molecule has 144 valence electrons. The van der Waals surface area contributed by atoms with Crippen molar-refractivity contribution in [1.82, 2.24) is 10.2 Å². The van der Waals surface area contributed by atoms with Crippen molar-refractivity contribution in [2.45, 2.75) is 20.4 Å². The van der Waals surface area contributed by atoms with Crippen LogP contribution in [0.15, 0.2) is 47.1 Å². The van der Waals surface area contributed by atoms with Crippen molar-refractivity contribution in [3.63, 3.8) is 0 Å². The highest BCUT2D eigenvalue weighted by Gasteiger charge is 2.40. The van der Waals surface area contributed by atoms with Gasteiger partial charge >= 0.3 is 0 Å². The lowest BCUT2D eigenvalue weighted by Gasteiger charge is -2.39. The van der Waals surface area contributed by atoms with E-state index in [1.54, 1.807) is 37.1 Å². The molecule has 0 aliphatic carbocycles. The minimum absolute atomic E-state index is 0.162. The van der Waals surface area contributed by atoms with E-state index in [1.807, 2.05) is 24.3 Å². The predicted octanol–water partition coefficient (Wildman–Crippen LogP) is 2.92. The maximum absolute atomic E-state index is 12.9. The second-order valence-corrected chi connectivity index (χ2v) is 7.58. The fourth-order valence-corrected chi connectivity index (χ4v) is 3.32. The minimum atomic E-state index is -1.13. The molecule has 0 spiro atoms. The average Bonchev–Trinajstić information content (AvgIpc) is 3.19. The molecule has 1 aliphatic rings. The summed E-state index contributed by atoms with van der Waals surface area (Å²) in [7, 11) is 0. The van der Waals surface area contributed by atoms with E-state index in [9.17, 15) is 9.59 Å². The molecule has 1 fully saturated rings. The zero-order valence-corrected chi connectivity index (χ0v) is 16.3. The van der Waals surface area contributed by atoms with Crippen molar-refractivity contribution >= 4 is 29.1 Å². The molecule has 0 bridgehead atoms. The molecule has 1 saturated heterocycles. The van der Waals surface area contributed by atoms with Crippen LogP contribution in [0, 0.1) is 5.41 Å². The molecule has 0 radical (unpaired) electrons. The van der Waals surface area contributed by atoms with E-state index in [-0.39, 0.29) is 18.4 Å². The maximum Gasteiger partial charge on any atom is 0.237 e. The summed E-state index contributed by atoms with van der Waals surface area (Å²) in [6, 6.07) is 11.2. The molecule has 3 rings (SSSR count). The Bertz CT molecular complexity index is 797. The molecule has 1 N–H and O–H groups in total. The number of nitrogens with zero attached hydrogens (tertiary/aromatic N) is 2. The zero-order valence-electron chi connectivity index (χ0n) is 15.6. The van der Waals surface area contributed by atoms with Crippen molar-refractivity contribution in [3.8, 4) is 0 Å². The summed E-state index contributed by atoms with van der Waals surface area (Å²) >= 11 is 6.06. The molecule has 2 heterocycles. The van der Waals surface area contributed by atoms with Gasteiger partial charge in [0.25, 0.3) is 0 Å². The lowest BCUT2D eigenvalue weighted by atomic mass is 9.90. The quantitative estimate of drug-likeness (QED) is 0.798. The second kappa shape index (κ2) is 8.05. The van der Waals surface area contributed by atoms with Gasteiger partial charge in [-0.1, -0.05) is 17.7 Å². The summed E-state index contributed by atoms with van der Waals surface area (Å²) in [6.45, 7) is 6.14. The Morgan fingerprint density at radius 2 is 1.89 bits per heavy atom. The molecular weight excluding hydrogens is 366 g/mol. The van der Waals surface area contributed by atoms with Crippen LogP contribution in [0.4, 0.5) is 5.69 Å². The molecule has 0 saturated carbocycles. The first-order valence-corrected chi connectivity index (χ1v) is 9.36. The summed E-state index contributed by atoms with van der Waals surface area (Å²) < 4.78 is 5.21. The number of amides is 2. The largest absolute Gasteiger partial charge is 0.467 e. The van der Waals surface area contributed by atoms with Crippen LogP contribution in [-0.2, 0) is 16.1 Å². The van der Waals surface area contributed by atoms with Gasteiger partial charge in [-0.05, 0) is 44.2 Å². The topological polar surface area (TPSA) is 65.8 Å². The van der Waals surface area contributed by atoms with E-state index in [4.69, 9.17) is 16.0 Å². The lowest BCUT2D eigenvalue weighted by molar-refractivity contribution is -0.148. The number of carbonyl (C=O) groups is 2. The van der Waals surface area contributed by atoms with E-state index >= 15 is 0 Å². The van der Waals surface area contributed by atoms with Gasteiger partial charge in [-0.15, -0.1) is 0 Å². The Morgan fingerprint density at radius 1 is 1.15 bits per heavy atom. The Balaban J connectivity index is 1.56. The van der Waals surface area contributed by atoms with Crippen LogP contribution in [0.25, 0.3) is 0 Å². The standard InChI is InChI=1S/C20H24ClN3O3/c1-20(2,18(25)22-14-17-7-4-12-27-17)19(26)24-10-8-23(9-11-24)16-6-3-5-15(21)13-16/h3-7,12-13H,8-11,14H2,1-2H3,(H,22,25). The molecule has 7 heteroatoms. The number of halogens is 1. The van der Waals surface area contributed by atoms with Gasteiger partial charge in [0.15, 0.2) is 0 Å². The van der Waals surface area contributed by atoms with Crippen molar-refractivity contribution in [1.29, 1.82) is 0 Å². The van der Waals surface area contributed by atoms with Crippen molar-refractivity contribution in [2.75, 3.05) is 31.1 Å². The van der Waals surface area contributed by atoms with Gasteiger partial charge < -0.3 is 19.5 Å². The average molecular weight is 390 g/mol. The Morgan fingerprint density at radius 3 is 2.52 bits per heavy atom.